The highest BCUT2D eigenvalue weighted by Crippen LogP contribution is 2.36. The Kier molecular flexibility index (Phi) is 4.82. The Morgan fingerprint density at radius 2 is 1.57 bits per heavy atom. The SMILES string of the molecule is O=S(=O)(O)c1cccc(C(O)c2c(Cl)cc(Cl)cc2Cl)c1. The molecule has 2 aromatic carbocycles. The van der Waals surface area contributed by atoms with Crippen molar-refractivity contribution in [2.45, 2.75) is 11.0 Å². The van der Waals surface area contributed by atoms with E-state index in [0.717, 1.165) is 6.07 Å². The van der Waals surface area contributed by atoms with Crippen molar-refractivity contribution >= 4 is 44.9 Å². The molecule has 0 heterocycles. The zero-order valence-electron chi connectivity index (χ0n) is 10.3. The monoisotopic (exact) mass is 366 g/mol. The van der Waals surface area contributed by atoms with Crippen molar-refractivity contribution in [3.8, 4) is 0 Å². The highest BCUT2D eigenvalue weighted by Gasteiger charge is 2.20. The molecule has 1 unspecified atom stereocenters. The topological polar surface area (TPSA) is 74.6 Å². The van der Waals surface area contributed by atoms with Crippen LogP contribution in [0.4, 0.5) is 0 Å². The molecule has 4 nitrogen and oxygen atoms in total. The van der Waals surface area contributed by atoms with Gasteiger partial charge in [0.25, 0.3) is 10.1 Å². The molecule has 0 radical (unpaired) electrons. The Morgan fingerprint density at radius 3 is 2.10 bits per heavy atom. The summed E-state index contributed by atoms with van der Waals surface area (Å²) in [5, 5.41) is 11.0. The van der Waals surface area contributed by atoms with Gasteiger partial charge in [-0.3, -0.25) is 4.55 Å². The normalized spacial score (nSPS) is 13.2. The van der Waals surface area contributed by atoms with Crippen molar-refractivity contribution in [2.24, 2.45) is 0 Å². The van der Waals surface area contributed by atoms with Crippen LogP contribution in [0.1, 0.15) is 17.2 Å². The van der Waals surface area contributed by atoms with Crippen LogP contribution in [0.3, 0.4) is 0 Å². The fourth-order valence-electron chi connectivity index (χ4n) is 1.83. The van der Waals surface area contributed by atoms with E-state index in [9.17, 15) is 13.5 Å². The van der Waals surface area contributed by atoms with Crippen molar-refractivity contribution in [1.29, 1.82) is 0 Å². The largest absolute Gasteiger partial charge is 0.384 e. The third-order valence-corrected chi connectivity index (χ3v) is 4.48. The van der Waals surface area contributed by atoms with Crippen molar-refractivity contribution in [2.75, 3.05) is 0 Å². The highest BCUT2D eigenvalue weighted by molar-refractivity contribution is 7.85. The second-order valence-electron chi connectivity index (χ2n) is 4.23. The van der Waals surface area contributed by atoms with E-state index in [1.807, 2.05) is 0 Å². The molecular formula is C13H9Cl3O4S. The van der Waals surface area contributed by atoms with Gasteiger partial charge < -0.3 is 5.11 Å². The molecule has 0 aliphatic heterocycles. The minimum atomic E-state index is -4.37. The molecule has 2 aromatic rings. The van der Waals surface area contributed by atoms with Gasteiger partial charge in [-0.05, 0) is 29.8 Å². The van der Waals surface area contributed by atoms with Crippen LogP contribution in [0.2, 0.25) is 15.1 Å². The molecule has 0 saturated carbocycles. The minimum Gasteiger partial charge on any atom is -0.384 e. The fourth-order valence-corrected chi connectivity index (χ4v) is 3.39. The van der Waals surface area contributed by atoms with Crippen molar-refractivity contribution < 1.29 is 18.1 Å². The van der Waals surface area contributed by atoms with E-state index in [-0.39, 0.29) is 26.1 Å². The lowest BCUT2D eigenvalue weighted by atomic mass is 10.0. The first kappa shape index (κ1) is 16.5. The predicted molar refractivity (Wildman–Crippen MR) is 81.8 cm³/mol. The third kappa shape index (κ3) is 3.69. The van der Waals surface area contributed by atoms with Gasteiger partial charge in [0.1, 0.15) is 6.10 Å². The maximum Gasteiger partial charge on any atom is 0.294 e. The molecule has 2 N–H and O–H groups in total. The lowest BCUT2D eigenvalue weighted by Gasteiger charge is -2.16. The number of halogens is 3. The van der Waals surface area contributed by atoms with Crippen LogP contribution in [0, 0.1) is 0 Å². The molecule has 0 aromatic heterocycles. The zero-order chi connectivity index (χ0) is 15.8. The lowest BCUT2D eigenvalue weighted by Crippen LogP contribution is -2.04. The van der Waals surface area contributed by atoms with Gasteiger partial charge in [0.15, 0.2) is 0 Å². The van der Waals surface area contributed by atoms with Crippen LogP contribution >= 0.6 is 34.8 Å². The van der Waals surface area contributed by atoms with E-state index in [0.29, 0.717) is 5.02 Å². The number of aliphatic hydroxyl groups is 1. The summed E-state index contributed by atoms with van der Waals surface area (Å²) in [6.07, 6.45) is -1.26. The van der Waals surface area contributed by atoms with Crippen molar-refractivity contribution in [3.05, 3.63) is 62.6 Å². The van der Waals surface area contributed by atoms with E-state index in [2.05, 4.69) is 0 Å². The third-order valence-electron chi connectivity index (χ3n) is 2.79. The summed E-state index contributed by atoms with van der Waals surface area (Å²) >= 11 is 17.8. The van der Waals surface area contributed by atoms with Crippen molar-refractivity contribution in [1.82, 2.24) is 0 Å². The molecule has 0 saturated heterocycles. The van der Waals surface area contributed by atoms with Gasteiger partial charge in [-0.2, -0.15) is 8.42 Å². The van der Waals surface area contributed by atoms with Crippen LogP contribution < -0.4 is 0 Å². The number of rotatable bonds is 3. The zero-order valence-corrected chi connectivity index (χ0v) is 13.4. The van der Waals surface area contributed by atoms with E-state index >= 15 is 0 Å². The first-order valence-corrected chi connectivity index (χ1v) is 8.17. The van der Waals surface area contributed by atoms with E-state index < -0.39 is 16.2 Å². The van der Waals surface area contributed by atoms with E-state index in [1.165, 1.54) is 30.3 Å². The van der Waals surface area contributed by atoms with E-state index in [1.54, 1.807) is 0 Å². The highest BCUT2D eigenvalue weighted by atomic mass is 35.5. The van der Waals surface area contributed by atoms with Gasteiger partial charge in [-0.15, -0.1) is 0 Å². The summed E-state index contributed by atoms with van der Waals surface area (Å²) in [5.41, 5.74) is 0.423. The molecule has 112 valence electrons. The Morgan fingerprint density at radius 1 is 1.00 bits per heavy atom. The van der Waals surface area contributed by atoms with Gasteiger partial charge in [0.05, 0.1) is 4.90 Å². The average molecular weight is 368 g/mol. The second-order valence-corrected chi connectivity index (χ2v) is 6.91. The Labute approximate surface area is 136 Å². The summed E-state index contributed by atoms with van der Waals surface area (Å²) in [6, 6.07) is 8.05. The van der Waals surface area contributed by atoms with Gasteiger partial charge in [0.2, 0.25) is 0 Å². The lowest BCUT2D eigenvalue weighted by molar-refractivity contribution is 0.220. The standard InChI is InChI=1S/C13H9Cl3O4S/c14-8-5-10(15)12(11(16)6-8)13(17)7-2-1-3-9(4-7)21(18,19)20/h1-6,13,17H,(H,18,19,20). The first-order chi connectivity index (χ1) is 9.70. The molecule has 0 fully saturated rings. The molecule has 1 atom stereocenters. The predicted octanol–water partition coefficient (Wildman–Crippen LogP) is 3.98. The van der Waals surface area contributed by atoms with Crippen LogP contribution in [0.25, 0.3) is 0 Å². The summed E-state index contributed by atoms with van der Waals surface area (Å²) in [6.45, 7) is 0. The summed E-state index contributed by atoms with van der Waals surface area (Å²) < 4.78 is 31.3. The van der Waals surface area contributed by atoms with Gasteiger partial charge in [-0.25, -0.2) is 0 Å². The summed E-state index contributed by atoms with van der Waals surface area (Å²) in [4.78, 5) is -0.333. The number of hydrogen-bond acceptors (Lipinski definition) is 3. The maximum absolute atomic E-state index is 11.1. The average Bonchev–Trinajstić information content (AvgIpc) is 2.36. The summed E-state index contributed by atoms with van der Waals surface area (Å²) in [7, 11) is -4.37. The first-order valence-electron chi connectivity index (χ1n) is 5.60. The smallest absolute Gasteiger partial charge is 0.294 e. The Balaban J connectivity index is 2.53. The Bertz CT molecular complexity index is 767. The van der Waals surface area contributed by atoms with Gasteiger partial charge in [0, 0.05) is 20.6 Å². The fraction of sp³-hybridized carbons (Fsp3) is 0.0769. The minimum absolute atomic E-state index is 0.150. The number of hydrogen-bond donors (Lipinski definition) is 2. The molecule has 0 aliphatic rings. The summed E-state index contributed by atoms with van der Waals surface area (Å²) in [5.74, 6) is 0. The molecule has 21 heavy (non-hydrogen) atoms. The van der Waals surface area contributed by atoms with Crippen LogP contribution in [-0.4, -0.2) is 18.1 Å². The molecule has 8 heteroatoms. The maximum atomic E-state index is 11.1. The van der Waals surface area contributed by atoms with Crippen LogP contribution in [0.15, 0.2) is 41.3 Å². The molecular weight excluding hydrogens is 359 g/mol. The van der Waals surface area contributed by atoms with Gasteiger partial charge >= 0.3 is 0 Å². The quantitative estimate of drug-likeness (QED) is 0.805. The molecule has 2 rings (SSSR count). The number of benzene rings is 2. The second kappa shape index (κ2) is 6.12. The Hall–Kier alpha value is -0.820. The van der Waals surface area contributed by atoms with E-state index in [4.69, 9.17) is 39.4 Å². The number of aliphatic hydroxyl groups excluding tert-OH is 1. The van der Waals surface area contributed by atoms with Crippen LogP contribution in [-0.2, 0) is 10.1 Å². The van der Waals surface area contributed by atoms with Crippen molar-refractivity contribution in [3.63, 3.8) is 0 Å². The molecule has 0 aliphatic carbocycles. The molecule has 0 spiro atoms. The molecule has 0 bridgehead atoms. The molecule has 0 amide bonds. The van der Waals surface area contributed by atoms with Gasteiger partial charge in [-0.1, -0.05) is 46.9 Å². The van der Waals surface area contributed by atoms with Crippen LogP contribution in [0.5, 0.6) is 0 Å².